The molecule has 0 spiro atoms. The Morgan fingerprint density at radius 3 is 2.42 bits per heavy atom. The maximum absolute atomic E-state index is 11.9. The van der Waals surface area contributed by atoms with E-state index in [1.54, 1.807) is 29.6 Å². The Hall–Kier alpha value is -1.92. The lowest BCUT2D eigenvalue weighted by molar-refractivity contribution is -0.122. The third kappa shape index (κ3) is 6.54. The molecule has 1 aromatic carbocycles. The molecule has 0 aromatic heterocycles. The van der Waals surface area contributed by atoms with Gasteiger partial charge in [0.2, 0.25) is 0 Å². The van der Waals surface area contributed by atoms with Crippen LogP contribution in [0.25, 0.3) is 0 Å². The van der Waals surface area contributed by atoms with Crippen LogP contribution >= 0.6 is 0 Å². The average molecular weight is 276 g/mol. The summed E-state index contributed by atoms with van der Waals surface area (Å²) in [5.41, 5.74) is 0.392. The molecule has 1 rings (SSSR count). The normalized spacial score (nSPS) is 10.9. The van der Waals surface area contributed by atoms with Crippen LogP contribution in [0.5, 0.6) is 5.75 Å². The number of anilines is 1. The SMILES string of the molecule is CCCOc1ccc(NC(=O)NCC(F)(F)F)cc1. The van der Waals surface area contributed by atoms with Crippen molar-refractivity contribution in [3.63, 3.8) is 0 Å². The van der Waals surface area contributed by atoms with Crippen molar-refractivity contribution in [3.8, 4) is 5.75 Å². The average Bonchev–Trinajstić information content (AvgIpc) is 2.35. The van der Waals surface area contributed by atoms with Gasteiger partial charge in [0.25, 0.3) is 0 Å². The van der Waals surface area contributed by atoms with E-state index in [0.717, 1.165) is 6.42 Å². The largest absolute Gasteiger partial charge is 0.494 e. The van der Waals surface area contributed by atoms with Crippen molar-refractivity contribution in [2.45, 2.75) is 19.5 Å². The van der Waals surface area contributed by atoms with Gasteiger partial charge in [-0.1, -0.05) is 6.92 Å². The first-order valence-electron chi connectivity index (χ1n) is 5.75. The molecular formula is C12H15F3N2O2. The van der Waals surface area contributed by atoms with Gasteiger partial charge >= 0.3 is 12.2 Å². The molecule has 0 radical (unpaired) electrons. The van der Waals surface area contributed by atoms with Crippen LogP contribution in [0.3, 0.4) is 0 Å². The molecule has 2 amide bonds. The Bertz CT molecular complexity index is 404. The number of amides is 2. The summed E-state index contributed by atoms with van der Waals surface area (Å²) in [6.45, 7) is 1.19. The zero-order valence-corrected chi connectivity index (χ0v) is 10.4. The van der Waals surface area contributed by atoms with Crippen molar-refractivity contribution >= 4 is 11.7 Å². The first kappa shape index (κ1) is 15.1. The monoisotopic (exact) mass is 276 g/mol. The van der Waals surface area contributed by atoms with Gasteiger partial charge < -0.3 is 15.4 Å². The predicted octanol–water partition coefficient (Wildman–Crippen LogP) is 3.16. The molecule has 0 heterocycles. The van der Waals surface area contributed by atoms with Crippen LogP contribution in [0.2, 0.25) is 0 Å². The fraction of sp³-hybridized carbons (Fsp3) is 0.417. The fourth-order valence-electron chi connectivity index (χ4n) is 1.21. The van der Waals surface area contributed by atoms with Crippen molar-refractivity contribution < 1.29 is 22.7 Å². The van der Waals surface area contributed by atoms with E-state index in [4.69, 9.17) is 4.74 Å². The number of nitrogens with one attached hydrogen (secondary N) is 2. The van der Waals surface area contributed by atoms with E-state index in [2.05, 4.69) is 5.32 Å². The van der Waals surface area contributed by atoms with Crippen LogP contribution in [-0.4, -0.2) is 25.4 Å². The molecular weight excluding hydrogens is 261 g/mol. The van der Waals surface area contributed by atoms with Crippen LogP contribution in [0.4, 0.5) is 23.7 Å². The van der Waals surface area contributed by atoms with Gasteiger partial charge in [0, 0.05) is 5.69 Å². The van der Waals surface area contributed by atoms with E-state index in [9.17, 15) is 18.0 Å². The number of benzene rings is 1. The number of carbonyl (C=O) groups is 1. The number of carbonyl (C=O) groups excluding carboxylic acids is 1. The highest BCUT2D eigenvalue weighted by atomic mass is 19.4. The molecule has 0 aliphatic heterocycles. The number of alkyl halides is 3. The molecule has 0 saturated carbocycles. The van der Waals surface area contributed by atoms with E-state index >= 15 is 0 Å². The summed E-state index contributed by atoms with van der Waals surface area (Å²) in [6.07, 6.45) is -3.55. The van der Waals surface area contributed by atoms with Gasteiger partial charge in [-0.05, 0) is 30.7 Å². The molecule has 0 bridgehead atoms. The predicted molar refractivity (Wildman–Crippen MR) is 65.3 cm³/mol. The summed E-state index contributed by atoms with van der Waals surface area (Å²) in [5, 5.41) is 4.01. The lowest BCUT2D eigenvalue weighted by Crippen LogP contribution is -2.36. The van der Waals surface area contributed by atoms with E-state index < -0.39 is 18.8 Å². The van der Waals surface area contributed by atoms with Crippen molar-refractivity contribution in [2.24, 2.45) is 0 Å². The highest BCUT2D eigenvalue weighted by molar-refractivity contribution is 5.89. The smallest absolute Gasteiger partial charge is 0.405 e. The quantitative estimate of drug-likeness (QED) is 0.868. The Labute approximate surface area is 108 Å². The molecule has 1 aromatic rings. The second-order valence-electron chi connectivity index (χ2n) is 3.80. The minimum atomic E-state index is -4.42. The number of hydrogen-bond donors (Lipinski definition) is 2. The summed E-state index contributed by atoms with van der Waals surface area (Å²) in [7, 11) is 0. The lowest BCUT2D eigenvalue weighted by Gasteiger charge is -2.10. The first-order valence-corrected chi connectivity index (χ1v) is 5.75. The van der Waals surface area contributed by atoms with Crippen molar-refractivity contribution in [3.05, 3.63) is 24.3 Å². The van der Waals surface area contributed by atoms with E-state index in [1.165, 1.54) is 0 Å². The van der Waals surface area contributed by atoms with Gasteiger partial charge in [-0.25, -0.2) is 4.79 Å². The third-order valence-electron chi connectivity index (χ3n) is 2.03. The van der Waals surface area contributed by atoms with Gasteiger partial charge in [0.1, 0.15) is 12.3 Å². The van der Waals surface area contributed by atoms with Crippen LogP contribution in [0, 0.1) is 0 Å². The summed E-state index contributed by atoms with van der Waals surface area (Å²) >= 11 is 0. The molecule has 0 aliphatic rings. The molecule has 7 heteroatoms. The Kier molecular flexibility index (Phi) is 5.47. The molecule has 2 N–H and O–H groups in total. The maximum Gasteiger partial charge on any atom is 0.405 e. The molecule has 0 fully saturated rings. The van der Waals surface area contributed by atoms with Gasteiger partial charge in [0.15, 0.2) is 0 Å². The van der Waals surface area contributed by atoms with Crippen LogP contribution < -0.4 is 15.4 Å². The molecule has 19 heavy (non-hydrogen) atoms. The Morgan fingerprint density at radius 2 is 1.89 bits per heavy atom. The Balaban J connectivity index is 2.42. The summed E-state index contributed by atoms with van der Waals surface area (Å²) in [5.74, 6) is 0.642. The van der Waals surface area contributed by atoms with Crippen LogP contribution in [0.15, 0.2) is 24.3 Å². The van der Waals surface area contributed by atoms with Gasteiger partial charge in [-0.2, -0.15) is 13.2 Å². The van der Waals surface area contributed by atoms with Crippen molar-refractivity contribution in [1.29, 1.82) is 0 Å². The molecule has 0 aliphatic carbocycles. The molecule has 106 valence electrons. The van der Waals surface area contributed by atoms with E-state index in [-0.39, 0.29) is 0 Å². The third-order valence-corrected chi connectivity index (χ3v) is 2.03. The minimum absolute atomic E-state index is 0.392. The molecule has 4 nitrogen and oxygen atoms in total. The number of rotatable bonds is 5. The summed E-state index contributed by atoms with van der Waals surface area (Å²) in [4.78, 5) is 11.2. The van der Waals surface area contributed by atoms with Gasteiger partial charge in [-0.15, -0.1) is 0 Å². The second-order valence-corrected chi connectivity index (χ2v) is 3.80. The number of hydrogen-bond acceptors (Lipinski definition) is 2. The van der Waals surface area contributed by atoms with Crippen molar-refractivity contribution in [1.82, 2.24) is 5.32 Å². The van der Waals surface area contributed by atoms with Gasteiger partial charge in [-0.3, -0.25) is 0 Å². The number of ether oxygens (including phenoxy) is 1. The van der Waals surface area contributed by atoms with Crippen LogP contribution in [-0.2, 0) is 0 Å². The second kappa shape index (κ2) is 6.86. The lowest BCUT2D eigenvalue weighted by atomic mass is 10.3. The maximum atomic E-state index is 11.9. The summed E-state index contributed by atoms with van der Waals surface area (Å²) < 4.78 is 40.9. The zero-order chi connectivity index (χ0) is 14.3. The molecule has 0 atom stereocenters. The van der Waals surface area contributed by atoms with E-state index in [0.29, 0.717) is 18.0 Å². The molecule has 0 saturated heterocycles. The zero-order valence-electron chi connectivity index (χ0n) is 10.4. The summed E-state index contributed by atoms with van der Waals surface area (Å²) in [6, 6.07) is 5.47. The van der Waals surface area contributed by atoms with Gasteiger partial charge in [0.05, 0.1) is 6.61 Å². The van der Waals surface area contributed by atoms with E-state index in [1.807, 2.05) is 6.92 Å². The fourth-order valence-corrected chi connectivity index (χ4v) is 1.21. The highest BCUT2D eigenvalue weighted by Gasteiger charge is 2.27. The topological polar surface area (TPSA) is 50.4 Å². The highest BCUT2D eigenvalue weighted by Crippen LogP contribution is 2.16. The number of halogens is 3. The minimum Gasteiger partial charge on any atom is -0.494 e. The standard InChI is InChI=1S/C12H15F3N2O2/c1-2-7-19-10-5-3-9(4-6-10)17-11(18)16-8-12(13,14)15/h3-6H,2,7-8H2,1H3,(H2,16,17,18). The Morgan fingerprint density at radius 1 is 1.26 bits per heavy atom. The molecule has 0 unspecified atom stereocenters. The van der Waals surface area contributed by atoms with Crippen molar-refractivity contribution in [2.75, 3.05) is 18.5 Å². The van der Waals surface area contributed by atoms with Crippen LogP contribution in [0.1, 0.15) is 13.3 Å². The number of urea groups is 1. The first-order chi connectivity index (χ1) is 8.90.